The maximum absolute atomic E-state index is 9.17. The Bertz CT molecular complexity index is 387. The summed E-state index contributed by atoms with van der Waals surface area (Å²) < 4.78 is 0. The van der Waals surface area contributed by atoms with Gasteiger partial charge < -0.3 is 5.21 Å². The Morgan fingerprint density at radius 1 is 0.905 bits per heavy atom. The fraction of sp³-hybridized carbons (Fsp3) is 0.944. The number of nitrogens with zero attached hydrogens (tertiary/aromatic N) is 2. The molecular formula is C18H30N2O. The monoisotopic (exact) mass is 290 g/mol. The van der Waals surface area contributed by atoms with Gasteiger partial charge in [-0.1, -0.05) is 18.5 Å². The average molecular weight is 290 g/mol. The highest BCUT2D eigenvalue weighted by molar-refractivity contribution is 5.86. The number of oxime groups is 1. The van der Waals surface area contributed by atoms with Gasteiger partial charge in [0.15, 0.2) is 0 Å². The van der Waals surface area contributed by atoms with E-state index in [0.717, 1.165) is 42.3 Å². The number of hydrogen-bond acceptors (Lipinski definition) is 3. The summed E-state index contributed by atoms with van der Waals surface area (Å²) in [6.07, 6.45) is 13.4. The van der Waals surface area contributed by atoms with Crippen LogP contribution in [0.2, 0.25) is 0 Å². The molecular weight excluding hydrogens is 260 g/mol. The first-order valence-corrected chi connectivity index (χ1v) is 9.20. The van der Waals surface area contributed by atoms with Crippen molar-refractivity contribution in [2.75, 3.05) is 0 Å². The summed E-state index contributed by atoms with van der Waals surface area (Å²) in [5.74, 6) is 2.95. The number of piperidine rings is 2. The maximum Gasteiger partial charge on any atom is 0.0601 e. The van der Waals surface area contributed by atoms with Crippen LogP contribution in [0.5, 0.6) is 0 Å². The Morgan fingerprint density at radius 2 is 1.52 bits per heavy atom. The lowest BCUT2D eigenvalue weighted by atomic mass is 9.65. The van der Waals surface area contributed by atoms with E-state index in [9.17, 15) is 5.21 Å². The summed E-state index contributed by atoms with van der Waals surface area (Å²) in [5.41, 5.74) is 1.06. The largest absolute Gasteiger partial charge is 0.411 e. The van der Waals surface area contributed by atoms with Crippen LogP contribution < -0.4 is 0 Å². The normalized spacial score (nSPS) is 47.2. The predicted molar refractivity (Wildman–Crippen MR) is 84.7 cm³/mol. The van der Waals surface area contributed by atoms with Gasteiger partial charge in [-0.15, -0.1) is 0 Å². The fourth-order valence-corrected chi connectivity index (χ4v) is 6.30. The van der Waals surface area contributed by atoms with Crippen molar-refractivity contribution in [3.05, 3.63) is 0 Å². The third-order valence-corrected chi connectivity index (χ3v) is 6.77. The molecule has 0 aromatic rings. The van der Waals surface area contributed by atoms with Crippen LogP contribution in [0.3, 0.4) is 0 Å². The Balaban J connectivity index is 1.51. The Kier molecular flexibility index (Phi) is 3.72. The molecule has 0 radical (unpaired) electrons. The number of rotatable bonds is 1. The molecule has 0 aromatic carbocycles. The van der Waals surface area contributed by atoms with E-state index in [1.54, 1.807) is 0 Å². The van der Waals surface area contributed by atoms with Crippen LogP contribution >= 0.6 is 0 Å². The smallest absolute Gasteiger partial charge is 0.0601 e. The summed E-state index contributed by atoms with van der Waals surface area (Å²) >= 11 is 0. The highest BCUT2D eigenvalue weighted by atomic mass is 16.4. The second-order valence-electron chi connectivity index (χ2n) is 8.43. The van der Waals surface area contributed by atoms with E-state index in [0.29, 0.717) is 12.1 Å². The number of hydrogen-bond donors (Lipinski definition) is 1. The summed E-state index contributed by atoms with van der Waals surface area (Å²) in [6.45, 7) is 2.46. The van der Waals surface area contributed by atoms with Gasteiger partial charge in [-0.05, 0) is 62.7 Å². The van der Waals surface area contributed by atoms with Crippen molar-refractivity contribution in [1.82, 2.24) is 4.90 Å². The molecule has 4 fully saturated rings. The molecule has 2 saturated carbocycles. The van der Waals surface area contributed by atoms with E-state index >= 15 is 0 Å². The van der Waals surface area contributed by atoms with Gasteiger partial charge in [0.25, 0.3) is 0 Å². The second kappa shape index (κ2) is 5.57. The SMILES string of the molecule is CC1C[C@@H]2CC(N3C4CCCC3CC(=NO)C4)C[C@H](C1)C2. The summed E-state index contributed by atoms with van der Waals surface area (Å²) in [6, 6.07) is 2.17. The van der Waals surface area contributed by atoms with Gasteiger partial charge in [0.05, 0.1) is 5.71 Å². The van der Waals surface area contributed by atoms with Crippen LogP contribution in [0, 0.1) is 17.8 Å². The molecule has 2 aliphatic heterocycles. The van der Waals surface area contributed by atoms with Crippen molar-refractivity contribution in [1.29, 1.82) is 0 Å². The maximum atomic E-state index is 9.17. The van der Waals surface area contributed by atoms with E-state index in [2.05, 4.69) is 17.0 Å². The summed E-state index contributed by atoms with van der Waals surface area (Å²) in [4.78, 5) is 2.90. The predicted octanol–water partition coefficient (Wildman–Crippen LogP) is 4.05. The van der Waals surface area contributed by atoms with E-state index < -0.39 is 0 Å². The molecule has 0 amide bonds. The Hall–Kier alpha value is -0.570. The number of fused-ring (bicyclic) bond motifs is 4. The Labute approximate surface area is 128 Å². The van der Waals surface area contributed by atoms with Crippen molar-refractivity contribution in [3.63, 3.8) is 0 Å². The molecule has 6 atom stereocenters. The first kappa shape index (κ1) is 14.0. The van der Waals surface area contributed by atoms with Gasteiger partial charge in [-0.25, -0.2) is 0 Å². The van der Waals surface area contributed by atoms with Crippen LogP contribution in [-0.4, -0.2) is 33.9 Å². The lowest BCUT2D eigenvalue weighted by molar-refractivity contribution is -0.0212. The zero-order valence-corrected chi connectivity index (χ0v) is 13.4. The van der Waals surface area contributed by atoms with Crippen molar-refractivity contribution < 1.29 is 5.21 Å². The molecule has 21 heavy (non-hydrogen) atoms. The summed E-state index contributed by atoms with van der Waals surface area (Å²) in [5, 5.41) is 12.7. The van der Waals surface area contributed by atoms with Crippen LogP contribution in [-0.2, 0) is 0 Å². The summed E-state index contributed by atoms with van der Waals surface area (Å²) in [7, 11) is 0. The molecule has 118 valence electrons. The molecule has 1 N–H and O–H groups in total. The van der Waals surface area contributed by atoms with Crippen molar-refractivity contribution in [3.8, 4) is 0 Å². The molecule has 4 rings (SSSR count). The van der Waals surface area contributed by atoms with Gasteiger partial charge in [0, 0.05) is 31.0 Å². The highest BCUT2D eigenvalue weighted by Gasteiger charge is 2.44. The molecule has 0 spiro atoms. The average Bonchev–Trinajstić information content (AvgIpc) is 2.44. The highest BCUT2D eigenvalue weighted by Crippen LogP contribution is 2.46. The molecule has 0 aromatic heterocycles. The quantitative estimate of drug-likeness (QED) is 0.584. The van der Waals surface area contributed by atoms with Gasteiger partial charge in [0.2, 0.25) is 0 Å². The van der Waals surface area contributed by atoms with Gasteiger partial charge >= 0.3 is 0 Å². The van der Waals surface area contributed by atoms with Gasteiger partial charge in [-0.2, -0.15) is 0 Å². The third kappa shape index (κ3) is 2.62. The van der Waals surface area contributed by atoms with Crippen molar-refractivity contribution >= 4 is 5.71 Å². The fourth-order valence-electron chi connectivity index (χ4n) is 6.30. The van der Waals surface area contributed by atoms with Crippen LogP contribution in [0.25, 0.3) is 0 Å². The molecule has 4 aliphatic rings. The molecule has 3 heteroatoms. The van der Waals surface area contributed by atoms with Gasteiger partial charge in [-0.3, -0.25) is 4.90 Å². The van der Waals surface area contributed by atoms with E-state index in [-0.39, 0.29) is 0 Å². The molecule has 3 nitrogen and oxygen atoms in total. The minimum absolute atomic E-state index is 0.671. The van der Waals surface area contributed by atoms with Crippen molar-refractivity contribution in [2.24, 2.45) is 22.9 Å². The van der Waals surface area contributed by atoms with Gasteiger partial charge in [0.1, 0.15) is 0 Å². The van der Waals surface area contributed by atoms with E-state index in [4.69, 9.17) is 0 Å². The lowest BCUT2D eigenvalue weighted by Crippen LogP contribution is -2.58. The zero-order chi connectivity index (χ0) is 14.4. The zero-order valence-electron chi connectivity index (χ0n) is 13.4. The van der Waals surface area contributed by atoms with Crippen LogP contribution in [0.15, 0.2) is 5.16 Å². The second-order valence-corrected chi connectivity index (χ2v) is 8.43. The lowest BCUT2D eigenvalue weighted by Gasteiger charge is -2.54. The van der Waals surface area contributed by atoms with Crippen LogP contribution in [0.4, 0.5) is 0 Å². The molecule has 2 saturated heterocycles. The topological polar surface area (TPSA) is 35.8 Å². The van der Waals surface area contributed by atoms with Crippen molar-refractivity contribution in [2.45, 2.75) is 89.3 Å². The van der Waals surface area contributed by atoms with Crippen LogP contribution in [0.1, 0.15) is 71.1 Å². The molecule has 2 aliphatic carbocycles. The minimum atomic E-state index is 0.671. The molecule has 4 unspecified atom stereocenters. The standard InChI is InChI=1S/C18H30N2O/c1-12-5-13-7-14(6-12)9-18(8-13)20-16-3-2-4-17(20)11-15(10-16)19-21/h12-14,16-18,21H,2-11H2,1H3/t12?,13-,14+,16?,17?,18?. The first-order chi connectivity index (χ1) is 10.2. The van der Waals surface area contributed by atoms with E-state index in [1.165, 1.54) is 51.4 Å². The molecule has 2 heterocycles. The molecule has 4 bridgehead atoms. The third-order valence-electron chi connectivity index (χ3n) is 6.77. The van der Waals surface area contributed by atoms with E-state index in [1.807, 2.05) is 0 Å². The first-order valence-electron chi connectivity index (χ1n) is 9.20. The minimum Gasteiger partial charge on any atom is -0.411 e. The Morgan fingerprint density at radius 3 is 2.10 bits per heavy atom.